The number of hydroxylamine groups is 1. The Morgan fingerprint density at radius 1 is 1.02 bits per heavy atom. The number of halogens is 7. The third kappa shape index (κ3) is 10.6. The second-order valence-corrected chi connectivity index (χ2v) is 17.2. The van der Waals surface area contributed by atoms with E-state index in [4.69, 9.17) is 9.57 Å². The van der Waals surface area contributed by atoms with Crippen LogP contribution in [-0.2, 0) is 33.5 Å². The van der Waals surface area contributed by atoms with Crippen molar-refractivity contribution < 1.29 is 45.1 Å². The van der Waals surface area contributed by atoms with Crippen molar-refractivity contribution in [3.63, 3.8) is 0 Å². The molecule has 0 aromatic carbocycles. The molecule has 0 bridgehead atoms. The van der Waals surface area contributed by atoms with Crippen LogP contribution >= 0.6 is 0 Å². The van der Waals surface area contributed by atoms with Crippen LogP contribution in [0.3, 0.4) is 0 Å². The number of anilines is 2. The maximum absolute atomic E-state index is 14.8. The van der Waals surface area contributed by atoms with E-state index < -0.39 is 74.4 Å². The Morgan fingerprint density at radius 2 is 1.64 bits per heavy atom. The lowest BCUT2D eigenvalue weighted by Gasteiger charge is -2.35. The van der Waals surface area contributed by atoms with Crippen molar-refractivity contribution in [2.45, 2.75) is 64.0 Å². The molecule has 2 aromatic rings. The Balaban J connectivity index is 1.48. The van der Waals surface area contributed by atoms with Gasteiger partial charge in [-0.25, -0.2) is 24.5 Å². The van der Waals surface area contributed by atoms with Crippen molar-refractivity contribution >= 4 is 25.6 Å². The number of aromatic nitrogens is 4. The molecule has 45 heavy (non-hydrogen) atoms. The summed E-state index contributed by atoms with van der Waals surface area (Å²) in [5, 5.41) is 6.25. The van der Waals surface area contributed by atoms with E-state index >= 15 is 0 Å². The topological polar surface area (TPSA) is 127 Å². The van der Waals surface area contributed by atoms with Crippen LogP contribution in [0.5, 0.6) is 0 Å². The molecule has 12 nitrogen and oxygen atoms in total. The largest absolute Gasteiger partial charge is 0.423 e. The lowest BCUT2D eigenvalue weighted by molar-refractivity contribution is -0.146. The average Bonchev–Trinajstić information content (AvgIpc) is 2.94. The highest BCUT2D eigenvalue weighted by Crippen LogP contribution is 2.32. The molecule has 20 heteroatoms. The van der Waals surface area contributed by atoms with Gasteiger partial charge in [-0.05, 0) is 13.0 Å². The molecule has 0 saturated carbocycles. The highest BCUT2D eigenvalue weighted by atomic mass is 28.3. The van der Waals surface area contributed by atoms with E-state index in [0.717, 1.165) is 17.1 Å². The van der Waals surface area contributed by atoms with Gasteiger partial charge in [0.25, 0.3) is 11.5 Å². The summed E-state index contributed by atoms with van der Waals surface area (Å²) in [4.78, 5) is 39.9. The quantitative estimate of drug-likeness (QED) is 0.108. The second kappa shape index (κ2) is 14.8. The van der Waals surface area contributed by atoms with Gasteiger partial charge >= 0.3 is 12.4 Å². The molecule has 3 heterocycles. The Bertz CT molecular complexity index is 1330. The van der Waals surface area contributed by atoms with Crippen molar-refractivity contribution in [1.29, 1.82) is 0 Å². The van der Waals surface area contributed by atoms with Gasteiger partial charge in [-0.15, -0.1) is 0 Å². The fourth-order valence-electron chi connectivity index (χ4n) is 4.03. The minimum Gasteiger partial charge on any atom is -0.378 e. The van der Waals surface area contributed by atoms with Crippen LogP contribution in [0, 0.1) is 0 Å². The molecule has 2 aromatic heterocycles. The molecule has 2 N–H and O–H groups in total. The van der Waals surface area contributed by atoms with Crippen molar-refractivity contribution in [3.8, 4) is 0 Å². The van der Waals surface area contributed by atoms with Gasteiger partial charge in [0.15, 0.2) is 0 Å². The van der Waals surface area contributed by atoms with Gasteiger partial charge in [0.2, 0.25) is 12.2 Å². The molecule has 1 aliphatic rings. The summed E-state index contributed by atoms with van der Waals surface area (Å²) >= 11 is 0. The summed E-state index contributed by atoms with van der Waals surface area (Å²) in [6.07, 6.45) is -9.61. The fourth-order valence-corrected chi connectivity index (χ4v) is 4.79. The third-order valence-electron chi connectivity index (χ3n) is 6.54. The second-order valence-electron chi connectivity index (χ2n) is 11.5. The van der Waals surface area contributed by atoms with Crippen LogP contribution in [-0.4, -0.2) is 90.4 Å². The molecule has 252 valence electrons. The van der Waals surface area contributed by atoms with E-state index in [1.807, 2.05) is 5.48 Å². The summed E-state index contributed by atoms with van der Waals surface area (Å²) in [6.45, 7) is 7.42. The molecule has 0 radical (unpaired) electrons. The summed E-state index contributed by atoms with van der Waals surface area (Å²) in [5.41, 5.74) is -2.58. The van der Waals surface area contributed by atoms with Crippen LogP contribution < -0.4 is 21.3 Å². The highest BCUT2D eigenvalue weighted by Gasteiger charge is 2.39. The molecule has 1 aliphatic heterocycles. The zero-order valence-corrected chi connectivity index (χ0v) is 26.0. The molecule has 1 amide bonds. The van der Waals surface area contributed by atoms with Gasteiger partial charge in [-0.1, -0.05) is 19.6 Å². The molecule has 0 spiro atoms. The Labute approximate surface area is 254 Å². The third-order valence-corrected chi connectivity index (χ3v) is 8.25. The zero-order chi connectivity index (χ0) is 33.6. The number of alkyl halides is 7. The Morgan fingerprint density at radius 3 is 2.20 bits per heavy atom. The Kier molecular flexibility index (Phi) is 11.9. The number of carbonyl (C=O) groups is 1. The number of hydrogen-bond donors (Lipinski definition) is 2. The van der Waals surface area contributed by atoms with Gasteiger partial charge in [0.1, 0.15) is 12.3 Å². The summed E-state index contributed by atoms with van der Waals surface area (Å²) in [5.74, 6) is -1.14. The molecular formula is C25H35F7N8O4Si. The van der Waals surface area contributed by atoms with Crippen LogP contribution in [0.25, 0.3) is 0 Å². The van der Waals surface area contributed by atoms with Crippen LogP contribution in [0.15, 0.2) is 23.4 Å². The summed E-state index contributed by atoms with van der Waals surface area (Å²) < 4.78 is 100. The van der Waals surface area contributed by atoms with E-state index in [2.05, 4.69) is 40.0 Å². The van der Waals surface area contributed by atoms with Gasteiger partial charge < -0.3 is 15.0 Å². The van der Waals surface area contributed by atoms with Crippen molar-refractivity contribution in [1.82, 2.24) is 30.1 Å². The van der Waals surface area contributed by atoms with E-state index in [9.17, 15) is 40.3 Å². The average molecular weight is 673 g/mol. The van der Waals surface area contributed by atoms with E-state index in [1.165, 1.54) is 11.8 Å². The SMILES string of the molecule is C[C@@H](CONC(=O)C(F)N1CCN(c2ncc(C(F)(F)F)cn2)CC1)Nc1cnn(COCC[Si](C)(C)C)c(=O)c1C(F)(F)F. The number of carbonyl (C=O) groups excluding carboxylic acids is 1. The van der Waals surface area contributed by atoms with Crippen molar-refractivity contribution in [2.24, 2.45) is 0 Å². The highest BCUT2D eigenvalue weighted by molar-refractivity contribution is 6.76. The number of piperazine rings is 1. The first-order valence-corrected chi connectivity index (χ1v) is 17.5. The van der Waals surface area contributed by atoms with Crippen molar-refractivity contribution in [3.05, 3.63) is 40.1 Å². The predicted octanol–water partition coefficient (Wildman–Crippen LogP) is 3.35. The number of rotatable bonds is 13. The fraction of sp³-hybridized carbons (Fsp3) is 0.640. The number of nitrogens with zero attached hydrogens (tertiary/aromatic N) is 6. The van der Waals surface area contributed by atoms with Gasteiger partial charge in [-0.3, -0.25) is 19.3 Å². The minimum atomic E-state index is -5.01. The first-order valence-electron chi connectivity index (χ1n) is 13.8. The first kappa shape index (κ1) is 36.1. The molecular weight excluding hydrogens is 637 g/mol. The Hall–Kier alpha value is -3.36. The number of hydrogen-bond acceptors (Lipinski definition) is 10. The van der Waals surface area contributed by atoms with Crippen molar-refractivity contribution in [2.75, 3.05) is 49.6 Å². The van der Waals surface area contributed by atoms with Crippen LogP contribution in [0.4, 0.5) is 42.4 Å². The number of amides is 1. The zero-order valence-electron chi connectivity index (χ0n) is 25.0. The lowest BCUT2D eigenvalue weighted by Crippen LogP contribution is -2.53. The molecule has 1 saturated heterocycles. The molecule has 0 aliphatic carbocycles. The van der Waals surface area contributed by atoms with Crippen LogP contribution in [0.2, 0.25) is 25.7 Å². The standard InChI is InChI=1S/C25H35F7N8O4Si/c1-16(36-18-13-35-40(15-43-9-10-45(2,3)4)22(42)19(18)25(30,31)32)14-44-37-21(41)20(26)38-5-7-39(8-6-38)23-33-11-17(12-34-23)24(27,28)29/h11-13,16,20,36H,5-10,14-15H2,1-4H3,(H,37,41)/t16-,20?/m0/s1. The van der Waals surface area contributed by atoms with Gasteiger partial charge in [0, 0.05) is 59.3 Å². The number of nitrogens with one attached hydrogen (secondary N) is 2. The van der Waals surface area contributed by atoms with Gasteiger partial charge in [-0.2, -0.15) is 31.4 Å². The minimum absolute atomic E-state index is 0.0129. The van der Waals surface area contributed by atoms with Gasteiger partial charge in [0.05, 0.1) is 24.1 Å². The van der Waals surface area contributed by atoms with E-state index in [-0.39, 0.29) is 38.7 Å². The summed E-state index contributed by atoms with van der Waals surface area (Å²) in [6, 6.07) is -0.135. The maximum Gasteiger partial charge on any atom is 0.423 e. The number of ether oxygens (including phenoxy) is 1. The molecule has 1 unspecified atom stereocenters. The maximum atomic E-state index is 14.8. The molecule has 1 fully saturated rings. The van der Waals surface area contributed by atoms with E-state index in [1.54, 1.807) is 0 Å². The summed E-state index contributed by atoms with van der Waals surface area (Å²) in [7, 11) is -1.45. The normalized spacial score (nSPS) is 16.4. The van der Waals surface area contributed by atoms with E-state index in [0.29, 0.717) is 17.1 Å². The first-order chi connectivity index (χ1) is 20.9. The molecule has 2 atom stereocenters. The smallest absolute Gasteiger partial charge is 0.378 e. The predicted molar refractivity (Wildman–Crippen MR) is 150 cm³/mol. The molecule has 3 rings (SSSR count). The monoisotopic (exact) mass is 672 g/mol. The lowest BCUT2D eigenvalue weighted by atomic mass is 10.2. The van der Waals surface area contributed by atoms with Crippen LogP contribution in [0.1, 0.15) is 18.1 Å².